The number of nitrogens with zero attached hydrogens (tertiary/aromatic N) is 2. The van der Waals surface area contributed by atoms with E-state index in [1.165, 1.54) is 0 Å². The number of hydrogen-bond acceptors (Lipinski definition) is 6. The van der Waals surface area contributed by atoms with Crippen LogP contribution in [0.1, 0.15) is 41.6 Å². The fraction of sp³-hybridized carbons (Fsp3) is 0.412. The van der Waals surface area contributed by atoms with Crippen LogP contribution in [0.4, 0.5) is 0 Å². The van der Waals surface area contributed by atoms with Gasteiger partial charge < -0.3 is 28.7 Å². The van der Waals surface area contributed by atoms with Gasteiger partial charge in [0.25, 0.3) is 11.8 Å². The summed E-state index contributed by atoms with van der Waals surface area (Å²) in [6, 6.07) is 24.5. The van der Waals surface area contributed by atoms with Crippen LogP contribution in [0.5, 0.6) is 17.2 Å². The van der Waals surface area contributed by atoms with Crippen molar-refractivity contribution in [2.45, 2.75) is 38.1 Å². The number of carbonyl (C=O) groups is 2. The molecule has 0 unspecified atom stereocenters. The van der Waals surface area contributed by atoms with E-state index in [0.717, 1.165) is 31.2 Å². The van der Waals surface area contributed by atoms with Gasteiger partial charge in [-0.25, -0.2) is 0 Å². The number of amides is 2. The number of benzene rings is 3. The van der Waals surface area contributed by atoms with E-state index in [1.807, 2.05) is 64.4 Å². The Hall–Kier alpha value is -4.04. The van der Waals surface area contributed by atoms with Gasteiger partial charge in [-0.15, -0.1) is 0 Å². The maximum atomic E-state index is 13.8. The van der Waals surface area contributed by atoms with Gasteiger partial charge in [-0.1, -0.05) is 67.4 Å². The fourth-order valence-corrected chi connectivity index (χ4v) is 5.20. The third-order valence-corrected chi connectivity index (χ3v) is 7.47. The van der Waals surface area contributed by atoms with Gasteiger partial charge in [-0.2, -0.15) is 0 Å². The second-order valence-corrected chi connectivity index (χ2v) is 10.4. The standard InChI is InChI=1S/C34H42N2O6/c1-39-23-22-35-20-12-3-4-13-21-36(33(37)26-42-32-19-11-10-18-31(32)40-2)28(24-27-14-6-5-7-15-27)25-41-30-17-9-8-16-29(30)34(35)38/h5-11,14-19,28H,3-4,12-13,20-26H2,1-2H3/t28-/m0/s1. The average molecular weight is 575 g/mol. The van der Waals surface area contributed by atoms with Crippen LogP contribution in [0.15, 0.2) is 78.9 Å². The molecule has 1 aliphatic rings. The normalized spacial score (nSPS) is 16.6. The number of fused-ring (bicyclic) bond motifs is 1. The molecular weight excluding hydrogens is 532 g/mol. The van der Waals surface area contributed by atoms with Crippen molar-refractivity contribution in [2.75, 3.05) is 53.7 Å². The Bertz CT molecular complexity index is 1270. The minimum Gasteiger partial charge on any atom is -0.493 e. The second kappa shape index (κ2) is 16.4. The minimum atomic E-state index is -0.267. The van der Waals surface area contributed by atoms with Gasteiger partial charge in [-0.3, -0.25) is 9.59 Å². The summed E-state index contributed by atoms with van der Waals surface area (Å²) in [6.07, 6.45) is 4.22. The van der Waals surface area contributed by atoms with E-state index in [0.29, 0.717) is 55.5 Å². The predicted molar refractivity (Wildman–Crippen MR) is 162 cm³/mol. The molecule has 0 radical (unpaired) electrons. The summed E-state index contributed by atoms with van der Waals surface area (Å²) in [4.78, 5) is 31.2. The van der Waals surface area contributed by atoms with Crippen LogP contribution in [-0.2, 0) is 16.0 Å². The first-order chi connectivity index (χ1) is 20.6. The van der Waals surface area contributed by atoms with E-state index >= 15 is 0 Å². The largest absolute Gasteiger partial charge is 0.493 e. The molecule has 42 heavy (non-hydrogen) atoms. The first-order valence-corrected chi connectivity index (χ1v) is 14.7. The number of para-hydroxylation sites is 3. The number of ether oxygens (including phenoxy) is 4. The Morgan fingerprint density at radius 2 is 1.55 bits per heavy atom. The molecule has 0 aliphatic carbocycles. The molecule has 1 atom stereocenters. The van der Waals surface area contributed by atoms with E-state index < -0.39 is 0 Å². The van der Waals surface area contributed by atoms with Crippen LogP contribution in [0.25, 0.3) is 0 Å². The van der Waals surface area contributed by atoms with Gasteiger partial charge in [0.05, 0.1) is 25.3 Å². The molecule has 0 saturated carbocycles. The van der Waals surface area contributed by atoms with Crippen LogP contribution < -0.4 is 14.2 Å². The molecule has 8 heteroatoms. The smallest absolute Gasteiger partial charge is 0.260 e. The lowest BCUT2D eigenvalue weighted by Crippen LogP contribution is -2.47. The van der Waals surface area contributed by atoms with Crippen molar-refractivity contribution in [2.24, 2.45) is 0 Å². The summed E-state index contributed by atoms with van der Waals surface area (Å²) < 4.78 is 23.0. The molecule has 0 spiro atoms. The van der Waals surface area contributed by atoms with E-state index in [-0.39, 0.29) is 31.1 Å². The molecule has 4 rings (SSSR count). The summed E-state index contributed by atoms with van der Waals surface area (Å²) in [6.45, 7) is 2.34. The lowest BCUT2D eigenvalue weighted by atomic mass is 10.0. The van der Waals surface area contributed by atoms with Gasteiger partial charge in [0, 0.05) is 26.7 Å². The van der Waals surface area contributed by atoms with E-state index in [1.54, 1.807) is 26.4 Å². The zero-order valence-corrected chi connectivity index (χ0v) is 24.7. The molecule has 1 aliphatic heterocycles. The average Bonchev–Trinajstić information content (AvgIpc) is 3.03. The number of hydrogen-bond donors (Lipinski definition) is 0. The lowest BCUT2D eigenvalue weighted by molar-refractivity contribution is -0.136. The fourth-order valence-electron chi connectivity index (χ4n) is 5.20. The highest BCUT2D eigenvalue weighted by atomic mass is 16.5. The molecule has 224 valence electrons. The molecular formula is C34H42N2O6. The zero-order valence-electron chi connectivity index (χ0n) is 24.7. The Kier molecular flexibility index (Phi) is 12.1. The molecule has 0 aromatic heterocycles. The Balaban J connectivity index is 1.60. The van der Waals surface area contributed by atoms with Crippen molar-refractivity contribution in [1.29, 1.82) is 0 Å². The highest BCUT2D eigenvalue weighted by Gasteiger charge is 2.27. The Labute approximate surface area is 249 Å². The maximum Gasteiger partial charge on any atom is 0.260 e. The number of rotatable bonds is 9. The summed E-state index contributed by atoms with van der Waals surface area (Å²) in [7, 11) is 3.23. The topological polar surface area (TPSA) is 77.5 Å². The van der Waals surface area contributed by atoms with Crippen molar-refractivity contribution >= 4 is 11.8 Å². The molecule has 3 aromatic carbocycles. The third kappa shape index (κ3) is 8.73. The van der Waals surface area contributed by atoms with E-state index in [2.05, 4.69) is 12.1 Å². The molecule has 0 saturated heterocycles. The monoisotopic (exact) mass is 574 g/mol. The lowest BCUT2D eigenvalue weighted by Gasteiger charge is -2.33. The SMILES string of the molecule is COCCN1CCCCCCN(C(=O)COc2ccccc2OC)[C@@H](Cc2ccccc2)COc2ccccc2C1=O. The van der Waals surface area contributed by atoms with Crippen molar-refractivity contribution < 1.29 is 28.5 Å². The number of methoxy groups -OCH3 is 2. The highest BCUT2D eigenvalue weighted by molar-refractivity contribution is 5.97. The van der Waals surface area contributed by atoms with Gasteiger partial charge >= 0.3 is 0 Å². The maximum absolute atomic E-state index is 13.8. The van der Waals surface area contributed by atoms with Crippen LogP contribution >= 0.6 is 0 Å². The van der Waals surface area contributed by atoms with Gasteiger partial charge in [0.1, 0.15) is 12.4 Å². The predicted octanol–water partition coefficient (Wildman–Crippen LogP) is 5.26. The van der Waals surface area contributed by atoms with Gasteiger partial charge in [0.2, 0.25) is 0 Å². The molecule has 3 aromatic rings. The van der Waals surface area contributed by atoms with E-state index in [9.17, 15) is 9.59 Å². The quantitative estimate of drug-likeness (QED) is 0.347. The molecule has 0 fully saturated rings. The Morgan fingerprint density at radius 1 is 0.857 bits per heavy atom. The summed E-state index contributed by atoms with van der Waals surface area (Å²) >= 11 is 0. The van der Waals surface area contributed by atoms with Crippen LogP contribution in [-0.4, -0.2) is 81.3 Å². The van der Waals surface area contributed by atoms with Crippen molar-refractivity contribution in [1.82, 2.24) is 9.80 Å². The molecule has 1 heterocycles. The molecule has 0 bridgehead atoms. The number of carbonyl (C=O) groups excluding carboxylic acids is 2. The molecule has 8 nitrogen and oxygen atoms in total. The third-order valence-electron chi connectivity index (χ3n) is 7.47. The van der Waals surface area contributed by atoms with Crippen LogP contribution in [0.3, 0.4) is 0 Å². The van der Waals surface area contributed by atoms with E-state index in [4.69, 9.17) is 18.9 Å². The molecule has 0 N–H and O–H groups in total. The summed E-state index contributed by atoms with van der Waals surface area (Å²) in [5.74, 6) is 1.43. The van der Waals surface area contributed by atoms with Crippen LogP contribution in [0.2, 0.25) is 0 Å². The van der Waals surface area contributed by atoms with Gasteiger partial charge in [0.15, 0.2) is 18.1 Å². The van der Waals surface area contributed by atoms with Crippen LogP contribution in [0, 0.1) is 0 Å². The second-order valence-electron chi connectivity index (χ2n) is 10.4. The minimum absolute atomic E-state index is 0.0718. The summed E-state index contributed by atoms with van der Waals surface area (Å²) in [5, 5.41) is 0. The first-order valence-electron chi connectivity index (χ1n) is 14.7. The van der Waals surface area contributed by atoms with Gasteiger partial charge in [-0.05, 0) is 49.1 Å². The first kappa shape index (κ1) is 30.9. The van der Waals surface area contributed by atoms with Crippen molar-refractivity contribution in [3.63, 3.8) is 0 Å². The Morgan fingerprint density at radius 3 is 2.31 bits per heavy atom. The van der Waals surface area contributed by atoms with Crippen molar-refractivity contribution in [3.05, 3.63) is 90.0 Å². The highest BCUT2D eigenvalue weighted by Crippen LogP contribution is 2.26. The molecule has 2 amide bonds. The summed E-state index contributed by atoms with van der Waals surface area (Å²) in [5.41, 5.74) is 1.62. The van der Waals surface area contributed by atoms with Crippen molar-refractivity contribution in [3.8, 4) is 17.2 Å². The zero-order chi connectivity index (χ0) is 29.6.